The van der Waals surface area contributed by atoms with Crippen LogP contribution < -0.4 is 10.2 Å². The van der Waals surface area contributed by atoms with E-state index in [0.717, 1.165) is 10.0 Å². The van der Waals surface area contributed by atoms with Crippen LogP contribution in [0.25, 0.3) is 11.0 Å². The first-order valence-electron chi connectivity index (χ1n) is 9.26. The third-order valence-corrected chi connectivity index (χ3v) is 5.64. The number of likely N-dealkylation sites (N-methyl/N-ethyl adjacent to an activating group) is 1. The smallest absolute Gasteiger partial charge is 0.290 e. The standard InChI is InChI=1S/C22H21BrN2O4/c1-24(2)10-11-25-19(13-4-7-15(28-3)8-5-13)18-20(26)16-12-14(23)6-9-17(16)29-21(18)22(25)27/h4-9,12,19H,10-11H2,1-3H3. The Bertz CT molecular complexity index is 1140. The molecule has 1 aliphatic rings. The van der Waals surface area contributed by atoms with Gasteiger partial charge >= 0.3 is 0 Å². The minimum absolute atomic E-state index is 0.129. The lowest BCUT2D eigenvalue weighted by Gasteiger charge is -2.26. The minimum Gasteiger partial charge on any atom is -0.497 e. The maximum absolute atomic E-state index is 13.4. The van der Waals surface area contributed by atoms with Gasteiger partial charge in [-0.2, -0.15) is 0 Å². The monoisotopic (exact) mass is 456 g/mol. The summed E-state index contributed by atoms with van der Waals surface area (Å²) >= 11 is 3.41. The summed E-state index contributed by atoms with van der Waals surface area (Å²) in [4.78, 5) is 30.4. The highest BCUT2D eigenvalue weighted by molar-refractivity contribution is 9.10. The van der Waals surface area contributed by atoms with Gasteiger partial charge in [-0.05, 0) is 50.0 Å². The molecule has 29 heavy (non-hydrogen) atoms. The number of benzene rings is 2. The van der Waals surface area contributed by atoms with Crippen molar-refractivity contribution in [1.29, 1.82) is 0 Å². The summed E-state index contributed by atoms with van der Waals surface area (Å²) in [5.41, 5.74) is 1.47. The molecule has 0 N–H and O–H groups in total. The summed E-state index contributed by atoms with van der Waals surface area (Å²) < 4.78 is 12.0. The summed E-state index contributed by atoms with van der Waals surface area (Å²) in [7, 11) is 5.50. The van der Waals surface area contributed by atoms with Gasteiger partial charge in [-0.15, -0.1) is 0 Å². The number of nitrogens with zero attached hydrogens (tertiary/aromatic N) is 2. The molecule has 6 nitrogen and oxygen atoms in total. The van der Waals surface area contributed by atoms with E-state index in [1.165, 1.54) is 0 Å². The number of halogens is 1. The Morgan fingerprint density at radius 3 is 2.52 bits per heavy atom. The lowest BCUT2D eigenvalue weighted by atomic mass is 9.98. The normalized spacial score (nSPS) is 16.0. The zero-order valence-corrected chi connectivity index (χ0v) is 18.0. The van der Waals surface area contributed by atoms with Crippen molar-refractivity contribution >= 4 is 32.8 Å². The van der Waals surface area contributed by atoms with Crippen molar-refractivity contribution in [2.24, 2.45) is 0 Å². The van der Waals surface area contributed by atoms with E-state index >= 15 is 0 Å². The fourth-order valence-corrected chi connectivity index (χ4v) is 4.02. The minimum atomic E-state index is -0.497. The first kappa shape index (κ1) is 19.7. The van der Waals surface area contributed by atoms with E-state index in [2.05, 4.69) is 15.9 Å². The molecule has 2 heterocycles. The van der Waals surface area contributed by atoms with E-state index in [4.69, 9.17) is 9.15 Å². The molecule has 1 aliphatic heterocycles. The molecule has 0 saturated heterocycles. The van der Waals surface area contributed by atoms with Gasteiger partial charge in [0.1, 0.15) is 11.3 Å². The van der Waals surface area contributed by atoms with Gasteiger partial charge in [0.15, 0.2) is 5.43 Å². The van der Waals surface area contributed by atoms with Crippen LogP contribution in [0.2, 0.25) is 0 Å². The Morgan fingerprint density at radius 2 is 1.86 bits per heavy atom. The second-order valence-electron chi connectivity index (χ2n) is 7.29. The lowest BCUT2D eigenvalue weighted by molar-refractivity contribution is 0.0716. The molecule has 0 aliphatic carbocycles. The van der Waals surface area contributed by atoms with E-state index in [9.17, 15) is 9.59 Å². The average molecular weight is 457 g/mol. The first-order chi connectivity index (χ1) is 13.9. The van der Waals surface area contributed by atoms with Gasteiger partial charge in [-0.25, -0.2) is 0 Å². The number of carbonyl (C=O) groups excluding carboxylic acids is 1. The van der Waals surface area contributed by atoms with Crippen molar-refractivity contribution in [1.82, 2.24) is 9.80 Å². The van der Waals surface area contributed by atoms with Crippen LogP contribution in [-0.4, -0.2) is 50.0 Å². The Labute approximate surface area is 176 Å². The number of hydrogen-bond donors (Lipinski definition) is 0. The van der Waals surface area contributed by atoms with Crippen molar-refractivity contribution in [2.45, 2.75) is 6.04 Å². The van der Waals surface area contributed by atoms with Crippen LogP contribution in [0.1, 0.15) is 27.7 Å². The molecule has 150 valence electrons. The molecule has 0 spiro atoms. The van der Waals surface area contributed by atoms with Gasteiger partial charge < -0.3 is 19.0 Å². The van der Waals surface area contributed by atoms with E-state index in [-0.39, 0.29) is 17.1 Å². The van der Waals surface area contributed by atoms with Crippen LogP contribution in [0.3, 0.4) is 0 Å². The fourth-order valence-electron chi connectivity index (χ4n) is 3.66. The summed E-state index contributed by atoms with van der Waals surface area (Å²) in [5, 5.41) is 0.457. The van der Waals surface area contributed by atoms with Gasteiger partial charge in [-0.1, -0.05) is 28.1 Å². The Balaban J connectivity index is 1.92. The van der Waals surface area contributed by atoms with Gasteiger partial charge in [0.05, 0.1) is 24.1 Å². The zero-order valence-electron chi connectivity index (χ0n) is 16.4. The summed E-state index contributed by atoms with van der Waals surface area (Å²) in [6.07, 6.45) is 0. The topological polar surface area (TPSA) is 63.0 Å². The third-order valence-electron chi connectivity index (χ3n) is 5.15. The quantitative estimate of drug-likeness (QED) is 0.585. The summed E-state index contributed by atoms with van der Waals surface area (Å²) in [6, 6.07) is 12.2. The van der Waals surface area contributed by atoms with Crippen molar-refractivity contribution in [3.8, 4) is 5.75 Å². The maximum atomic E-state index is 13.4. The second-order valence-corrected chi connectivity index (χ2v) is 8.21. The molecule has 0 fully saturated rings. The predicted molar refractivity (Wildman–Crippen MR) is 115 cm³/mol. The van der Waals surface area contributed by atoms with Crippen LogP contribution in [-0.2, 0) is 0 Å². The van der Waals surface area contributed by atoms with Crippen LogP contribution in [0, 0.1) is 0 Å². The SMILES string of the molecule is COc1ccc(C2c3c(oc4ccc(Br)cc4c3=O)C(=O)N2CCN(C)C)cc1. The van der Waals surface area contributed by atoms with Gasteiger partial charge in [0.2, 0.25) is 5.76 Å². The molecule has 7 heteroatoms. The van der Waals surface area contributed by atoms with Gasteiger partial charge in [0, 0.05) is 17.6 Å². The highest BCUT2D eigenvalue weighted by Crippen LogP contribution is 2.38. The fraction of sp³-hybridized carbons (Fsp3) is 0.273. The predicted octanol–water partition coefficient (Wildman–Crippen LogP) is 3.67. The molecule has 3 aromatic rings. The van der Waals surface area contributed by atoms with E-state index in [1.807, 2.05) is 43.3 Å². The molecule has 1 amide bonds. The van der Waals surface area contributed by atoms with Crippen molar-refractivity contribution in [3.63, 3.8) is 0 Å². The largest absolute Gasteiger partial charge is 0.497 e. The van der Waals surface area contributed by atoms with Crippen molar-refractivity contribution in [2.75, 3.05) is 34.3 Å². The lowest BCUT2D eigenvalue weighted by Crippen LogP contribution is -2.35. The first-order valence-corrected chi connectivity index (χ1v) is 10.1. The zero-order chi connectivity index (χ0) is 20.7. The highest BCUT2D eigenvalue weighted by Gasteiger charge is 2.42. The molecule has 2 aromatic carbocycles. The second kappa shape index (κ2) is 7.65. The Hall–Kier alpha value is -2.64. The average Bonchev–Trinajstić information content (AvgIpc) is 2.99. The number of methoxy groups -OCH3 is 1. The number of rotatable bonds is 5. The van der Waals surface area contributed by atoms with E-state index < -0.39 is 6.04 Å². The van der Waals surface area contributed by atoms with Crippen LogP contribution in [0.15, 0.2) is 56.1 Å². The molecule has 1 atom stereocenters. The Morgan fingerprint density at radius 1 is 1.14 bits per heavy atom. The molecule has 0 radical (unpaired) electrons. The molecule has 0 saturated carbocycles. The van der Waals surface area contributed by atoms with Crippen molar-refractivity contribution in [3.05, 3.63) is 74.0 Å². The third kappa shape index (κ3) is 3.45. The van der Waals surface area contributed by atoms with Crippen LogP contribution in [0.4, 0.5) is 0 Å². The molecule has 0 bridgehead atoms. The van der Waals surface area contributed by atoms with E-state index in [0.29, 0.717) is 35.4 Å². The molecular weight excluding hydrogens is 436 g/mol. The van der Waals surface area contributed by atoms with Crippen LogP contribution in [0.5, 0.6) is 5.75 Å². The summed E-state index contributed by atoms with van der Waals surface area (Å²) in [6.45, 7) is 1.15. The highest BCUT2D eigenvalue weighted by atomic mass is 79.9. The van der Waals surface area contributed by atoms with Gasteiger partial charge in [-0.3, -0.25) is 9.59 Å². The number of carbonyl (C=O) groups is 1. The summed E-state index contributed by atoms with van der Waals surface area (Å²) in [5.74, 6) is 0.585. The van der Waals surface area contributed by atoms with Crippen LogP contribution >= 0.6 is 15.9 Å². The molecular formula is C22H21BrN2O4. The van der Waals surface area contributed by atoms with E-state index in [1.54, 1.807) is 30.2 Å². The Kier molecular flexibility index (Phi) is 5.19. The number of hydrogen-bond acceptors (Lipinski definition) is 5. The number of amides is 1. The molecule has 1 unspecified atom stereocenters. The maximum Gasteiger partial charge on any atom is 0.290 e. The van der Waals surface area contributed by atoms with Gasteiger partial charge in [0.25, 0.3) is 5.91 Å². The number of fused-ring (bicyclic) bond motifs is 2. The molecule has 1 aromatic heterocycles. The van der Waals surface area contributed by atoms with Crippen molar-refractivity contribution < 1.29 is 13.9 Å². The molecule has 4 rings (SSSR count). The number of ether oxygens (including phenoxy) is 1.